The molecule has 0 bridgehead atoms. The number of carbonyl (C=O) groups excluding carboxylic acids is 1. The Kier molecular flexibility index (Phi) is 5.21. The first-order valence-corrected chi connectivity index (χ1v) is 10.1. The van der Waals surface area contributed by atoms with E-state index in [4.69, 9.17) is 11.6 Å². The fourth-order valence-electron chi connectivity index (χ4n) is 4.42. The summed E-state index contributed by atoms with van der Waals surface area (Å²) in [5.74, 6) is -2.26. The average molecular weight is 441 g/mol. The molecule has 2 atom stereocenters. The summed E-state index contributed by atoms with van der Waals surface area (Å²) < 4.78 is 55.0. The van der Waals surface area contributed by atoms with Crippen molar-refractivity contribution in [3.8, 4) is 0 Å². The predicted octanol–water partition coefficient (Wildman–Crippen LogP) is 4.96. The van der Waals surface area contributed by atoms with Gasteiger partial charge in [-0.25, -0.2) is 4.39 Å². The highest BCUT2D eigenvalue weighted by Crippen LogP contribution is 2.64. The number of carbonyl (C=O) groups is 1. The number of halogens is 5. The summed E-state index contributed by atoms with van der Waals surface area (Å²) >= 11 is 6.09. The Morgan fingerprint density at radius 3 is 2.30 bits per heavy atom. The summed E-state index contributed by atoms with van der Waals surface area (Å²) in [4.78, 5) is 16.5. The summed E-state index contributed by atoms with van der Waals surface area (Å²) in [6, 6.07) is 9.87. The van der Waals surface area contributed by atoms with E-state index in [2.05, 4.69) is 4.90 Å². The molecule has 2 aromatic carbocycles. The van der Waals surface area contributed by atoms with Crippen LogP contribution in [0.5, 0.6) is 0 Å². The largest absolute Gasteiger partial charge is 0.399 e. The van der Waals surface area contributed by atoms with E-state index in [1.54, 1.807) is 6.07 Å². The second kappa shape index (κ2) is 7.45. The number of hydrogen-bond acceptors (Lipinski definition) is 2. The minimum atomic E-state index is -4.58. The molecule has 1 heterocycles. The lowest BCUT2D eigenvalue weighted by molar-refractivity contribution is -0.169. The van der Waals surface area contributed by atoms with E-state index < -0.39 is 29.2 Å². The zero-order valence-corrected chi connectivity index (χ0v) is 17.1. The second-order valence-electron chi connectivity index (χ2n) is 7.98. The molecule has 0 radical (unpaired) electrons. The van der Waals surface area contributed by atoms with Crippen LogP contribution in [0.25, 0.3) is 0 Å². The van der Waals surface area contributed by atoms with Crippen LogP contribution in [0.1, 0.15) is 17.5 Å². The van der Waals surface area contributed by atoms with Gasteiger partial charge in [-0.2, -0.15) is 13.2 Å². The Labute approximate surface area is 177 Å². The highest BCUT2D eigenvalue weighted by Gasteiger charge is 2.74. The van der Waals surface area contributed by atoms with Crippen LogP contribution < -0.4 is 4.90 Å². The van der Waals surface area contributed by atoms with Gasteiger partial charge >= 0.3 is 6.18 Å². The van der Waals surface area contributed by atoms with Crippen molar-refractivity contribution in [3.63, 3.8) is 0 Å². The van der Waals surface area contributed by atoms with Gasteiger partial charge in [-0.3, -0.25) is 4.79 Å². The van der Waals surface area contributed by atoms with E-state index >= 15 is 0 Å². The van der Waals surface area contributed by atoms with Crippen molar-refractivity contribution in [2.75, 3.05) is 31.1 Å². The first-order valence-electron chi connectivity index (χ1n) is 9.76. The summed E-state index contributed by atoms with van der Waals surface area (Å²) in [6.07, 6.45) is -4.88. The monoisotopic (exact) mass is 440 g/mol. The Hall–Kier alpha value is -2.28. The molecule has 1 unspecified atom stereocenters. The molecule has 2 aromatic rings. The lowest BCUT2D eigenvalue weighted by atomic mass is 9.92. The molecule has 3 nitrogen and oxygen atoms in total. The smallest absolute Gasteiger partial charge is 0.368 e. The maximum absolute atomic E-state index is 13.9. The Morgan fingerprint density at radius 2 is 1.70 bits per heavy atom. The molecule has 0 aromatic heterocycles. The van der Waals surface area contributed by atoms with Crippen molar-refractivity contribution in [3.05, 3.63) is 64.4 Å². The third kappa shape index (κ3) is 3.53. The van der Waals surface area contributed by atoms with Crippen LogP contribution in [0.3, 0.4) is 0 Å². The molecule has 160 valence electrons. The lowest BCUT2D eigenvalue weighted by Crippen LogP contribution is -2.50. The summed E-state index contributed by atoms with van der Waals surface area (Å²) in [6.45, 7) is 3.70. The number of amides is 1. The van der Waals surface area contributed by atoms with Crippen LogP contribution >= 0.6 is 11.6 Å². The maximum atomic E-state index is 13.9. The molecule has 8 heteroatoms. The van der Waals surface area contributed by atoms with Gasteiger partial charge in [0.1, 0.15) is 11.2 Å². The number of nitrogens with zero attached hydrogens (tertiary/aromatic N) is 2. The van der Waals surface area contributed by atoms with Crippen molar-refractivity contribution in [2.45, 2.75) is 24.9 Å². The van der Waals surface area contributed by atoms with Gasteiger partial charge in [0.2, 0.25) is 5.91 Å². The average Bonchev–Trinajstić information content (AvgIpc) is 3.47. The third-order valence-corrected chi connectivity index (χ3v) is 6.46. The lowest BCUT2D eigenvalue weighted by Gasteiger charge is -2.37. The highest BCUT2D eigenvalue weighted by atomic mass is 35.5. The number of aryl methyl sites for hydroxylation is 1. The van der Waals surface area contributed by atoms with E-state index in [1.807, 2.05) is 19.1 Å². The van der Waals surface area contributed by atoms with Crippen LogP contribution in [0.15, 0.2) is 42.5 Å². The fraction of sp³-hybridized carbons (Fsp3) is 0.409. The zero-order chi connectivity index (χ0) is 21.7. The van der Waals surface area contributed by atoms with Crippen LogP contribution in [-0.2, 0) is 10.2 Å². The molecule has 1 saturated heterocycles. The Bertz CT molecular complexity index is 955. The first-order chi connectivity index (χ1) is 14.1. The third-order valence-electron chi connectivity index (χ3n) is 6.23. The molecule has 2 aliphatic rings. The molecule has 0 N–H and O–H groups in total. The van der Waals surface area contributed by atoms with E-state index in [0.29, 0.717) is 31.2 Å². The van der Waals surface area contributed by atoms with E-state index in [-0.39, 0.29) is 12.0 Å². The molecule has 2 fully saturated rings. The number of benzene rings is 2. The van der Waals surface area contributed by atoms with Crippen LogP contribution in [-0.4, -0.2) is 43.2 Å². The zero-order valence-electron chi connectivity index (χ0n) is 16.3. The summed E-state index contributed by atoms with van der Waals surface area (Å²) in [7, 11) is 0. The molecule has 4 rings (SSSR count). The van der Waals surface area contributed by atoms with Crippen molar-refractivity contribution >= 4 is 23.2 Å². The van der Waals surface area contributed by atoms with Crippen molar-refractivity contribution < 1.29 is 22.4 Å². The van der Waals surface area contributed by atoms with Gasteiger partial charge in [0.15, 0.2) is 0 Å². The van der Waals surface area contributed by atoms with E-state index in [1.165, 1.54) is 4.90 Å². The van der Waals surface area contributed by atoms with Gasteiger partial charge in [0.25, 0.3) is 0 Å². The number of piperazine rings is 1. The normalized spacial score (nSPS) is 24.1. The molecule has 0 spiro atoms. The van der Waals surface area contributed by atoms with Crippen LogP contribution in [0.2, 0.25) is 5.02 Å². The number of hydrogen-bond donors (Lipinski definition) is 0. The molecular weight excluding hydrogens is 420 g/mol. The molecule has 1 aliphatic heterocycles. The van der Waals surface area contributed by atoms with Crippen molar-refractivity contribution in [2.24, 2.45) is 5.92 Å². The van der Waals surface area contributed by atoms with Gasteiger partial charge in [-0.1, -0.05) is 29.8 Å². The fourth-order valence-corrected chi connectivity index (χ4v) is 4.58. The summed E-state index contributed by atoms with van der Waals surface area (Å²) in [5, 5.41) is 0.612. The molecular formula is C22H21ClF4N2O. The number of anilines is 1. The quantitative estimate of drug-likeness (QED) is 0.630. The van der Waals surface area contributed by atoms with Crippen molar-refractivity contribution in [1.82, 2.24) is 4.90 Å². The van der Waals surface area contributed by atoms with Crippen molar-refractivity contribution in [1.29, 1.82) is 0 Å². The number of rotatable bonds is 3. The molecule has 30 heavy (non-hydrogen) atoms. The van der Waals surface area contributed by atoms with Gasteiger partial charge in [0, 0.05) is 36.9 Å². The van der Waals surface area contributed by atoms with Gasteiger partial charge in [-0.15, -0.1) is 0 Å². The Morgan fingerprint density at radius 1 is 1.07 bits per heavy atom. The van der Waals surface area contributed by atoms with Crippen LogP contribution in [0.4, 0.5) is 23.2 Å². The molecule has 1 aliphatic carbocycles. The van der Waals surface area contributed by atoms with Gasteiger partial charge in [-0.05, 0) is 48.7 Å². The topological polar surface area (TPSA) is 23.6 Å². The Balaban J connectivity index is 1.48. The predicted molar refractivity (Wildman–Crippen MR) is 107 cm³/mol. The van der Waals surface area contributed by atoms with E-state index in [0.717, 1.165) is 35.5 Å². The first kappa shape index (κ1) is 21.0. The molecule has 1 amide bonds. The van der Waals surface area contributed by atoms with Gasteiger partial charge in [0.05, 0.1) is 5.92 Å². The highest BCUT2D eigenvalue weighted by molar-refractivity contribution is 6.30. The minimum absolute atomic E-state index is 0.0528. The SMILES string of the molecule is Cc1ccc(Cl)cc1N1CCN(C(=O)C2C[C@@]2(c2ccc(F)cc2)C(F)(F)F)CC1. The number of alkyl halides is 3. The maximum Gasteiger partial charge on any atom is 0.399 e. The van der Waals surface area contributed by atoms with E-state index in [9.17, 15) is 22.4 Å². The second-order valence-corrected chi connectivity index (χ2v) is 8.41. The summed E-state index contributed by atoms with van der Waals surface area (Å²) in [5.41, 5.74) is -0.257. The van der Waals surface area contributed by atoms with Crippen LogP contribution in [0, 0.1) is 18.7 Å². The standard InChI is InChI=1S/C22H21ClF4N2O/c1-14-2-5-16(23)12-19(14)28-8-10-29(11-9-28)20(30)18-13-21(18,22(25,26)27)15-3-6-17(24)7-4-15/h2-7,12,18H,8-11,13H2,1H3/t18?,21-/m0/s1. The molecule has 1 saturated carbocycles. The minimum Gasteiger partial charge on any atom is -0.368 e. The van der Waals surface area contributed by atoms with Gasteiger partial charge < -0.3 is 9.80 Å².